The second-order valence-corrected chi connectivity index (χ2v) is 9.62. The lowest BCUT2D eigenvalue weighted by molar-refractivity contribution is 0.0378. The molecule has 3 aromatic rings. The predicted molar refractivity (Wildman–Crippen MR) is 162 cm³/mol. The highest BCUT2D eigenvalue weighted by Crippen LogP contribution is 2.22. The first kappa shape index (κ1) is 34.9. The normalized spacial score (nSPS) is 13.2. The van der Waals surface area contributed by atoms with Crippen molar-refractivity contribution in [3.05, 3.63) is 93.9 Å². The van der Waals surface area contributed by atoms with E-state index in [1.54, 1.807) is 30.5 Å². The highest BCUT2D eigenvalue weighted by Gasteiger charge is 2.23. The van der Waals surface area contributed by atoms with Crippen LogP contribution in [0, 0.1) is 5.82 Å². The van der Waals surface area contributed by atoms with Gasteiger partial charge in [-0.3, -0.25) is 4.90 Å². The summed E-state index contributed by atoms with van der Waals surface area (Å²) in [5.74, 6) is 0.0682. The monoisotopic (exact) mass is 618 g/mol. The fraction of sp³-hybridized carbons (Fsp3) is 0.357. The van der Waals surface area contributed by atoms with Crippen molar-refractivity contribution >= 4 is 60.6 Å². The van der Waals surface area contributed by atoms with Crippen molar-refractivity contribution in [3.63, 3.8) is 0 Å². The van der Waals surface area contributed by atoms with Crippen LogP contribution in [0.3, 0.4) is 0 Å². The Balaban J connectivity index is 0.00000253. The molecule has 1 saturated heterocycles. The van der Waals surface area contributed by atoms with Gasteiger partial charge in [-0.2, -0.15) is 0 Å². The Hall–Kier alpha value is -2.13. The molecule has 4 rings (SSSR count). The van der Waals surface area contributed by atoms with E-state index in [9.17, 15) is 9.18 Å². The molecule has 39 heavy (non-hydrogen) atoms. The lowest BCUT2D eigenvalue weighted by atomic mass is 10.1. The van der Waals surface area contributed by atoms with E-state index >= 15 is 0 Å². The van der Waals surface area contributed by atoms with Crippen LogP contribution in [0.4, 0.5) is 10.2 Å². The summed E-state index contributed by atoms with van der Waals surface area (Å²) >= 11 is 6.10. The predicted octanol–water partition coefficient (Wildman–Crippen LogP) is 6.32. The Morgan fingerprint density at radius 1 is 0.974 bits per heavy atom. The van der Waals surface area contributed by atoms with E-state index in [-0.39, 0.29) is 55.1 Å². The summed E-state index contributed by atoms with van der Waals surface area (Å²) in [4.78, 5) is 21.5. The number of aromatic nitrogens is 1. The van der Waals surface area contributed by atoms with E-state index < -0.39 is 0 Å². The van der Waals surface area contributed by atoms with Gasteiger partial charge in [-0.15, -0.1) is 37.2 Å². The van der Waals surface area contributed by atoms with Crippen molar-refractivity contribution < 1.29 is 13.9 Å². The molecule has 0 radical (unpaired) electrons. The number of pyridine rings is 1. The smallest absolute Gasteiger partial charge is 0.342 e. The van der Waals surface area contributed by atoms with Crippen LogP contribution in [0.2, 0.25) is 5.02 Å². The Kier molecular flexibility index (Phi) is 15.1. The topological polar surface area (TPSA) is 57.7 Å². The minimum atomic E-state index is -0.331. The van der Waals surface area contributed by atoms with E-state index in [2.05, 4.69) is 44.4 Å². The van der Waals surface area contributed by atoms with Crippen molar-refractivity contribution in [2.45, 2.75) is 39.6 Å². The third-order valence-corrected chi connectivity index (χ3v) is 6.50. The van der Waals surface area contributed by atoms with Crippen LogP contribution in [-0.4, -0.2) is 48.1 Å². The third-order valence-electron chi connectivity index (χ3n) is 6.14. The molecule has 2 aromatic carbocycles. The van der Waals surface area contributed by atoms with Crippen LogP contribution in [0.25, 0.3) is 0 Å². The molecule has 0 spiro atoms. The number of hydrogen-bond acceptors (Lipinski definition) is 6. The fourth-order valence-corrected chi connectivity index (χ4v) is 4.49. The zero-order valence-corrected chi connectivity index (χ0v) is 25.1. The molecule has 0 saturated carbocycles. The maximum atomic E-state index is 13.9. The van der Waals surface area contributed by atoms with Gasteiger partial charge in [0.05, 0.1) is 6.10 Å². The van der Waals surface area contributed by atoms with Gasteiger partial charge in [0.2, 0.25) is 0 Å². The Labute approximate surface area is 253 Å². The molecule has 2 heterocycles. The summed E-state index contributed by atoms with van der Waals surface area (Å²) in [5, 5.41) is 3.70. The number of ether oxygens (including phenoxy) is 1. The van der Waals surface area contributed by atoms with Crippen LogP contribution in [0.5, 0.6) is 0 Å². The maximum absolute atomic E-state index is 13.9. The van der Waals surface area contributed by atoms with Crippen LogP contribution in [-0.2, 0) is 24.4 Å². The quantitative estimate of drug-likeness (QED) is 0.283. The molecule has 1 aliphatic rings. The number of nitrogens with zero attached hydrogens (tertiary/aromatic N) is 3. The fourth-order valence-electron chi connectivity index (χ4n) is 4.26. The summed E-state index contributed by atoms with van der Waals surface area (Å²) < 4.78 is 19.3. The average Bonchev–Trinajstić information content (AvgIpc) is 2.87. The van der Waals surface area contributed by atoms with E-state index in [1.165, 1.54) is 11.6 Å². The first-order chi connectivity index (χ1) is 17.4. The van der Waals surface area contributed by atoms with E-state index in [0.29, 0.717) is 35.1 Å². The van der Waals surface area contributed by atoms with Crippen molar-refractivity contribution in [3.8, 4) is 0 Å². The molecule has 214 valence electrons. The number of hydrogen-bond donors (Lipinski definition) is 1. The van der Waals surface area contributed by atoms with Gasteiger partial charge in [0.15, 0.2) is 0 Å². The van der Waals surface area contributed by atoms with Crippen molar-refractivity contribution in [1.29, 1.82) is 0 Å². The van der Waals surface area contributed by atoms with E-state index in [0.717, 1.165) is 38.3 Å². The number of esters is 1. The number of piperazine rings is 1. The lowest BCUT2D eigenvalue weighted by Crippen LogP contribution is -2.46. The number of nitrogens with one attached hydrogen (secondary N) is 1. The number of halogens is 5. The third kappa shape index (κ3) is 9.78. The van der Waals surface area contributed by atoms with E-state index in [1.807, 2.05) is 13.8 Å². The van der Waals surface area contributed by atoms with Gasteiger partial charge in [-0.25, -0.2) is 14.2 Å². The van der Waals surface area contributed by atoms with Crippen molar-refractivity contribution in [1.82, 2.24) is 15.2 Å². The van der Waals surface area contributed by atoms with Crippen LogP contribution in [0.15, 0.2) is 60.8 Å². The minimum Gasteiger partial charge on any atom is -0.459 e. The lowest BCUT2D eigenvalue weighted by Gasteiger charge is -2.36. The summed E-state index contributed by atoms with van der Waals surface area (Å²) in [6, 6.07) is 16.8. The number of benzene rings is 2. The first-order valence-corrected chi connectivity index (χ1v) is 12.6. The average molecular weight is 620 g/mol. The highest BCUT2D eigenvalue weighted by atomic mass is 35.5. The molecule has 0 amide bonds. The molecule has 11 heteroatoms. The molecule has 0 bridgehead atoms. The molecule has 0 aliphatic carbocycles. The standard InChI is InChI=1S/C28H32ClFN4O2.3ClH/c1-20(2)36-28(35)23-5-4-12-32-27(23)34-15-13-33(14-16-34)19-22-10-8-21(9-11-22)17-31-18-24-25(29)6-3-7-26(24)30;;;/h3-12,20,31H,13-19H2,1-2H3;3*1H. The van der Waals surface area contributed by atoms with E-state index in [4.69, 9.17) is 16.3 Å². The number of carbonyl (C=O) groups is 1. The van der Waals surface area contributed by atoms with Crippen molar-refractivity contribution in [2.75, 3.05) is 31.1 Å². The largest absolute Gasteiger partial charge is 0.459 e. The summed E-state index contributed by atoms with van der Waals surface area (Å²) in [5.41, 5.74) is 3.38. The molecule has 0 unspecified atom stereocenters. The van der Waals surface area contributed by atoms with Gasteiger partial charge in [-0.1, -0.05) is 41.9 Å². The zero-order chi connectivity index (χ0) is 25.5. The van der Waals surface area contributed by atoms with Gasteiger partial charge in [0, 0.05) is 62.6 Å². The van der Waals surface area contributed by atoms with Crippen LogP contribution in [0.1, 0.15) is 40.9 Å². The molecular formula is C28H35Cl4FN4O2. The highest BCUT2D eigenvalue weighted by molar-refractivity contribution is 6.31. The number of carbonyl (C=O) groups excluding carboxylic acids is 1. The minimum absolute atomic E-state index is 0. The van der Waals surface area contributed by atoms with Gasteiger partial charge in [0.1, 0.15) is 17.2 Å². The molecule has 1 aliphatic heterocycles. The molecular weight excluding hydrogens is 585 g/mol. The van der Waals surface area contributed by atoms with Crippen LogP contribution < -0.4 is 10.2 Å². The van der Waals surface area contributed by atoms with Crippen molar-refractivity contribution in [2.24, 2.45) is 0 Å². The van der Waals surface area contributed by atoms with Crippen LogP contribution >= 0.6 is 48.8 Å². The second-order valence-electron chi connectivity index (χ2n) is 9.21. The Morgan fingerprint density at radius 2 is 1.64 bits per heavy atom. The zero-order valence-electron chi connectivity index (χ0n) is 21.9. The Bertz CT molecular complexity index is 1160. The number of rotatable bonds is 9. The molecule has 6 nitrogen and oxygen atoms in total. The molecule has 1 N–H and O–H groups in total. The van der Waals surface area contributed by atoms with Gasteiger partial charge in [-0.05, 0) is 49.2 Å². The van der Waals surface area contributed by atoms with Gasteiger partial charge >= 0.3 is 5.97 Å². The molecule has 0 atom stereocenters. The second kappa shape index (κ2) is 16.9. The summed E-state index contributed by atoms with van der Waals surface area (Å²) in [6.45, 7) is 8.90. The molecule has 1 aromatic heterocycles. The summed E-state index contributed by atoms with van der Waals surface area (Å²) in [6.07, 6.45) is 1.55. The SMILES string of the molecule is CC(C)OC(=O)c1cccnc1N1CCN(Cc2ccc(CNCc3c(F)cccc3Cl)cc2)CC1.Cl.Cl.Cl. The molecule has 1 fully saturated rings. The maximum Gasteiger partial charge on any atom is 0.342 e. The first-order valence-electron chi connectivity index (χ1n) is 12.3. The summed E-state index contributed by atoms with van der Waals surface area (Å²) in [7, 11) is 0. The van der Waals surface area contributed by atoms with Gasteiger partial charge in [0.25, 0.3) is 0 Å². The number of anilines is 1. The van der Waals surface area contributed by atoms with Gasteiger partial charge < -0.3 is 15.0 Å². The Morgan fingerprint density at radius 3 is 2.28 bits per heavy atom.